The summed E-state index contributed by atoms with van der Waals surface area (Å²) in [6, 6.07) is 86.9. The molecule has 2 spiro atoms. The van der Waals surface area contributed by atoms with Crippen LogP contribution in [-0.2, 0) is 17.3 Å². The Labute approximate surface area is 445 Å². The molecule has 1 unspecified atom stereocenters. The van der Waals surface area contributed by atoms with Crippen LogP contribution in [0.15, 0.2) is 269 Å². The van der Waals surface area contributed by atoms with Crippen molar-refractivity contribution in [1.29, 1.82) is 0 Å². The van der Waals surface area contributed by atoms with E-state index < -0.39 is 10.8 Å². The third kappa shape index (κ3) is 6.07. The molecule has 11 aromatic carbocycles. The predicted octanol–water partition coefficient (Wildman–Crippen LogP) is 18.6. The Bertz CT molecular complexity index is 4100. The van der Waals surface area contributed by atoms with Gasteiger partial charge in [0.25, 0.3) is 0 Å². The molecule has 354 valence electrons. The number of ether oxygens (including phenoxy) is 1. The lowest BCUT2D eigenvalue weighted by Gasteiger charge is -2.42. The zero-order chi connectivity index (χ0) is 49.4. The fourth-order valence-corrected chi connectivity index (χ4v) is 15.9. The molecule has 3 heterocycles. The van der Waals surface area contributed by atoms with E-state index in [1.165, 1.54) is 92.4 Å². The maximum Gasteiger partial charge on any atom is 0.140 e. The number of anilines is 2. The molecular weight excluding hydrogens is 947 g/mol. The Balaban J connectivity index is 0.984. The van der Waals surface area contributed by atoms with Crippen molar-refractivity contribution in [3.05, 3.63) is 305 Å². The SMILES string of the molecule is CC1/C=C\C=C(\N(c2ccc3c(c2)C2(c4ccccc4-c4ccccc42)c2ccc4ccccc4c2O3)c2ccc3c(c2)C2(c4cc5ccccc5cc4S3)c3ccccc3-c3ccccc32)Cc2ccccc2S1. The van der Waals surface area contributed by atoms with Gasteiger partial charge >= 0.3 is 0 Å². The summed E-state index contributed by atoms with van der Waals surface area (Å²) in [5.74, 6) is 1.79. The van der Waals surface area contributed by atoms with E-state index in [2.05, 4.69) is 261 Å². The average molecular weight is 994 g/mol. The van der Waals surface area contributed by atoms with Crippen LogP contribution >= 0.6 is 23.5 Å². The molecule has 5 aliphatic rings. The van der Waals surface area contributed by atoms with Gasteiger partial charge in [0.2, 0.25) is 0 Å². The number of fused-ring (bicyclic) bond motifs is 22. The maximum absolute atomic E-state index is 7.32. The highest BCUT2D eigenvalue weighted by molar-refractivity contribution is 8.00. The van der Waals surface area contributed by atoms with Gasteiger partial charge in [0.15, 0.2) is 0 Å². The highest BCUT2D eigenvalue weighted by atomic mass is 32.2. The monoisotopic (exact) mass is 993 g/mol. The fraction of sp³-hybridized carbons (Fsp3) is 0.0704. The van der Waals surface area contributed by atoms with Crippen LogP contribution in [-0.4, -0.2) is 5.25 Å². The number of hydrogen-bond acceptors (Lipinski definition) is 4. The van der Waals surface area contributed by atoms with Crippen LogP contribution in [0.1, 0.15) is 57.0 Å². The van der Waals surface area contributed by atoms with E-state index in [-0.39, 0.29) is 0 Å². The van der Waals surface area contributed by atoms with Gasteiger partial charge < -0.3 is 9.64 Å². The van der Waals surface area contributed by atoms with Crippen molar-refractivity contribution in [2.24, 2.45) is 0 Å². The highest BCUT2D eigenvalue weighted by Gasteiger charge is 2.53. The molecule has 0 N–H and O–H groups in total. The molecule has 0 radical (unpaired) electrons. The molecule has 0 bridgehead atoms. The molecule has 0 amide bonds. The van der Waals surface area contributed by atoms with E-state index in [1.807, 2.05) is 23.5 Å². The second-order valence-electron chi connectivity index (χ2n) is 20.6. The number of hydrogen-bond donors (Lipinski definition) is 0. The van der Waals surface area contributed by atoms with Gasteiger partial charge in [-0.25, -0.2) is 0 Å². The van der Waals surface area contributed by atoms with Gasteiger partial charge in [-0.3, -0.25) is 0 Å². The van der Waals surface area contributed by atoms with Gasteiger partial charge in [0.1, 0.15) is 11.5 Å². The fourth-order valence-electron chi connectivity index (χ4n) is 13.7. The molecule has 0 fully saturated rings. The van der Waals surface area contributed by atoms with Gasteiger partial charge in [-0.05, 0) is 145 Å². The minimum absolute atomic E-state index is 0.300. The molecule has 0 saturated heterocycles. The van der Waals surface area contributed by atoms with E-state index in [0.29, 0.717) is 5.25 Å². The minimum atomic E-state index is -0.659. The molecule has 2 nitrogen and oxygen atoms in total. The summed E-state index contributed by atoms with van der Waals surface area (Å²) >= 11 is 3.84. The largest absolute Gasteiger partial charge is 0.456 e. The lowest BCUT2D eigenvalue weighted by Crippen LogP contribution is -2.33. The van der Waals surface area contributed by atoms with Crippen LogP contribution in [0.3, 0.4) is 0 Å². The van der Waals surface area contributed by atoms with Crippen molar-refractivity contribution in [2.75, 3.05) is 4.90 Å². The Morgan fingerprint density at radius 1 is 0.440 bits per heavy atom. The van der Waals surface area contributed by atoms with Gasteiger partial charge in [-0.1, -0.05) is 200 Å². The first-order valence-electron chi connectivity index (χ1n) is 26.1. The standard InChI is InChI=1S/C71H47NOS2/c1-44-17-16-22-49(39-48-21-5-15-32-66(48)74-44)72(50-34-37-65-62(42-50)70(61-36-33-45-18-4-6-23-52(45)69(61)73-65)57-28-11-7-24-53(57)54-25-8-12-29-58(54)70)51-35-38-67-64(43-51)71(63-40-46-19-2-3-20-47(46)41-68(63)75-67)59-30-13-9-26-55(59)56-27-10-14-31-60(56)71/h2-38,40-44H,39H2,1H3/b17-16-,49-22+. The number of thioether (sulfide) groups is 1. The molecule has 0 aromatic heterocycles. The first kappa shape index (κ1) is 43.2. The van der Waals surface area contributed by atoms with Crippen LogP contribution in [0.2, 0.25) is 0 Å². The normalized spacial score (nSPS) is 17.5. The summed E-state index contributed by atoms with van der Waals surface area (Å²) < 4.78 is 7.32. The summed E-state index contributed by atoms with van der Waals surface area (Å²) in [4.78, 5) is 6.45. The lowest BCUT2D eigenvalue weighted by molar-refractivity contribution is 0.442. The number of nitrogens with zero attached hydrogens (tertiary/aromatic N) is 1. The second-order valence-corrected chi connectivity index (χ2v) is 23.1. The topological polar surface area (TPSA) is 12.5 Å². The van der Waals surface area contributed by atoms with E-state index in [4.69, 9.17) is 4.74 Å². The Morgan fingerprint density at radius 2 is 0.987 bits per heavy atom. The van der Waals surface area contributed by atoms with E-state index in [9.17, 15) is 0 Å². The average Bonchev–Trinajstić information content (AvgIpc) is 3.97. The molecule has 4 heteroatoms. The Hall–Kier alpha value is -8.28. The molecule has 75 heavy (non-hydrogen) atoms. The van der Waals surface area contributed by atoms with Crippen molar-refractivity contribution < 1.29 is 4.74 Å². The van der Waals surface area contributed by atoms with Crippen molar-refractivity contribution in [3.63, 3.8) is 0 Å². The zero-order valence-electron chi connectivity index (χ0n) is 41.1. The van der Waals surface area contributed by atoms with Gasteiger partial charge in [-0.15, -0.1) is 11.8 Å². The Kier molecular flexibility index (Phi) is 9.41. The smallest absolute Gasteiger partial charge is 0.140 e. The quantitative estimate of drug-likeness (QED) is 0.175. The van der Waals surface area contributed by atoms with Crippen LogP contribution < -0.4 is 9.64 Å². The van der Waals surface area contributed by atoms with Crippen molar-refractivity contribution in [3.8, 4) is 33.8 Å². The summed E-state index contributed by atoms with van der Waals surface area (Å²) in [5.41, 5.74) is 18.7. The number of rotatable bonds is 3. The minimum Gasteiger partial charge on any atom is -0.456 e. The highest BCUT2D eigenvalue weighted by Crippen LogP contribution is 2.65. The second kappa shape index (κ2) is 16.4. The van der Waals surface area contributed by atoms with E-state index in [1.54, 1.807) is 0 Å². The number of benzene rings is 11. The Morgan fingerprint density at radius 3 is 1.68 bits per heavy atom. The summed E-state index contributed by atoms with van der Waals surface area (Å²) in [5, 5.41) is 5.09. The van der Waals surface area contributed by atoms with Crippen LogP contribution in [0.4, 0.5) is 11.4 Å². The van der Waals surface area contributed by atoms with Crippen molar-refractivity contribution in [1.82, 2.24) is 0 Å². The number of allylic oxidation sites excluding steroid dienone is 3. The molecule has 3 aliphatic heterocycles. The van der Waals surface area contributed by atoms with Gasteiger partial charge in [0.05, 0.1) is 10.8 Å². The predicted molar refractivity (Wildman–Crippen MR) is 312 cm³/mol. The summed E-state index contributed by atoms with van der Waals surface area (Å²) in [7, 11) is 0. The van der Waals surface area contributed by atoms with Crippen molar-refractivity contribution >= 4 is 56.4 Å². The van der Waals surface area contributed by atoms with E-state index in [0.717, 1.165) is 51.2 Å². The van der Waals surface area contributed by atoms with Crippen LogP contribution in [0.5, 0.6) is 11.5 Å². The third-order valence-corrected chi connectivity index (χ3v) is 19.1. The van der Waals surface area contributed by atoms with E-state index >= 15 is 0 Å². The van der Waals surface area contributed by atoms with Gasteiger partial charge in [0, 0.05) is 59.9 Å². The summed E-state index contributed by atoms with van der Waals surface area (Å²) in [6.07, 6.45) is 7.75. The first-order chi connectivity index (χ1) is 37.1. The molecule has 16 rings (SSSR count). The first-order valence-corrected chi connectivity index (χ1v) is 27.8. The lowest BCUT2D eigenvalue weighted by atomic mass is 9.65. The van der Waals surface area contributed by atoms with Crippen LogP contribution in [0, 0.1) is 0 Å². The zero-order valence-corrected chi connectivity index (χ0v) is 42.8. The molecule has 0 saturated carbocycles. The summed E-state index contributed by atoms with van der Waals surface area (Å²) in [6.45, 7) is 2.30. The molecular formula is C71H47NOS2. The van der Waals surface area contributed by atoms with Gasteiger partial charge in [-0.2, -0.15) is 0 Å². The van der Waals surface area contributed by atoms with Crippen molar-refractivity contribution in [2.45, 2.75) is 44.1 Å². The molecule has 1 atom stereocenters. The van der Waals surface area contributed by atoms with Crippen LogP contribution in [0.25, 0.3) is 43.8 Å². The third-order valence-electron chi connectivity index (χ3n) is 16.7. The molecule has 2 aliphatic carbocycles. The molecule has 11 aromatic rings. The maximum atomic E-state index is 7.32.